The highest BCUT2D eigenvalue weighted by Gasteiger charge is 2.45. The summed E-state index contributed by atoms with van der Waals surface area (Å²) in [7, 11) is 2.78. The summed E-state index contributed by atoms with van der Waals surface area (Å²) in [6.07, 6.45) is 0.158. The molecular formula is C27H31O4P. The zero-order valence-electron chi connectivity index (χ0n) is 18.2. The Kier molecular flexibility index (Phi) is 8.84. The molecule has 0 radical (unpaired) electrons. The van der Waals surface area contributed by atoms with E-state index in [1.807, 2.05) is 54.6 Å². The highest BCUT2D eigenvalue weighted by Crippen LogP contribution is 2.30. The third kappa shape index (κ3) is 6.48. The standard InChI is InChI=1S/C27H31O4P/c32-20-25-27(30-18-23-14-8-3-9-15-23)26(29-17-22-12-6-2-7-13-22)24(31-25)19-28-16-21-10-4-1-5-11-21/h1-15,24-27H,16-20,32H2/t24-,25+,26-,27-/m1/s1. The van der Waals surface area contributed by atoms with Crippen LogP contribution in [0.25, 0.3) is 0 Å². The fraction of sp³-hybridized carbons (Fsp3) is 0.333. The van der Waals surface area contributed by atoms with Crippen LogP contribution in [-0.4, -0.2) is 37.2 Å². The summed E-state index contributed by atoms with van der Waals surface area (Å²) >= 11 is 0. The Balaban J connectivity index is 1.42. The number of rotatable bonds is 11. The predicted molar refractivity (Wildman–Crippen MR) is 129 cm³/mol. The van der Waals surface area contributed by atoms with Crippen LogP contribution in [0.15, 0.2) is 91.0 Å². The molecule has 1 aliphatic heterocycles. The molecule has 0 aromatic heterocycles. The van der Waals surface area contributed by atoms with E-state index in [0.717, 1.165) is 22.9 Å². The maximum Gasteiger partial charge on any atom is 0.115 e. The van der Waals surface area contributed by atoms with Crippen molar-refractivity contribution < 1.29 is 18.9 Å². The Hall–Kier alpha value is -2.07. The van der Waals surface area contributed by atoms with Gasteiger partial charge in [0.25, 0.3) is 0 Å². The SMILES string of the molecule is PC[C@@H]1O[C@H](COCc2ccccc2)[C@@H](OCc2ccccc2)[C@@H]1OCc1ccccc1. The smallest absolute Gasteiger partial charge is 0.115 e. The van der Waals surface area contributed by atoms with Crippen molar-refractivity contribution in [2.75, 3.05) is 12.8 Å². The van der Waals surface area contributed by atoms with Crippen molar-refractivity contribution in [1.82, 2.24) is 0 Å². The molecule has 3 aromatic carbocycles. The van der Waals surface area contributed by atoms with Gasteiger partial charge in [0.15, 0.2) is 0 Å². The number of benzene rings is 3. The minimum atomic E-state index is -0.208. The van der Waals surface area contributed by atoms with E-state index in [4.69, 9.17) is 18.9 Å². The number of ether oxygens (including phenoxy) is 4. The first kappa shape index (κ1) is 23.1. The van der Waals surface area contributed by atoms with E-state index < -0.39 is 0 Å². The molecule has 1 unspecified atom stereocenters. The molecule has 1 heterocycles. The van der Waals surface area contributed by atoms with Gasteiger partial charge in [-0.05, 0) is 22.9 Å². The zero-order valence-corrected chi connectivity index (χ0v) is 19.4. The van der Waals surface area contributed by atoms with Crippen LogP contribution < -0.4 is 0 Å². The summed E-state index contributed by atoms with van der Waals surface area (Å²) in [5.74, 6) is 0. The van der Waals surface area contributed by atoms with E-state index in [-0.39, 0.29) is 24.4 Å². The van der Waals surface area contributed by atoms with Gasteiger partial charge in [-0.15, -0.1) is 9.24 Å². The van der Waals surface area contributed by atoms with Gasteiger partial charge in [-0.3, -0.25) is 0 Å². The lowest BCUT2D eigenvalue weighted by atomic mass is 10.1. The molecule has 1 saturated heterocycles. The molecule has 5 atom stereocenters. The van der Waals surface area contributed by atoms with Gasteiger partial charge in [0.05, 0.1) is 32.5 Å². The van der Waals surface area contributed by atoms with Crippen molar-refractivity contribution in [2.45, 2.75) is 44.2 Å². The molecule has 0 spiro atoms. The second-order valence-electron chi connectivity index (χ2n) is 7.97. The van der Waals surface area contributed by atoms with Crippen LogP contribution in [0.3, 0.4) is 0 Å². The van der Waals surface area contributed by atoms with Crippen LogP contribution in [0.4, 0.5) is 0 Å². The quantitative estimate of drug-likeness (QED) is 0.385. The third-order valence-electron chi connectivity index (χ3n) is 5.60. The van der Waals surface area contributed by atoms with Crippen molar-refractivity contribution >= 4 is 9.24 Å². The van der Waals surface area contributed by atoms with E-state index in [1.54, 1.807) is 0 Å². The van der Waals surface area contributed by atoms with Gasteiger partial charge in [0.1, 0.15) is 18.3 Å². The average molecular weight is 451 g/mol. The average Bonchev–Trinajstić information content (AvgIpc) is 3.19. The van der Waals surface area contributed by atoms with Gasteiger partial charge < -0.3 is 18.9 Å². The molecule has 0 saturated carbocycles. The van der Waals surface area contributed by atoms with Crippen molar-refractivity contribution in [3.63, 3.8) is 0 Å². The highest BCUT2D eigenvalue weighted by atomic mass is 31.0. The fourth-order valence-corrected chi connectivity index (χ4v) is 4.31. The van der Waals surface area contributed by atoms with E-state index in [0.29, 0.717) is 26.4 Å². The minimum Gasteiger partial charge on any atom is -0.374 e. The topological polar surface area (TPSA) is 36.9 Å². The Morgan fingerprint density at radius 1 is 0.594 bits per heavy atom. The van der Waals surface area contributed by atoms with Crippen molar-refractivity contribution in [3.8, 4) is 0 Å². The van der Waals surface area contributed by atoms with Crippen LogP contribution in [-0.2, 0) is 38.8 Å². The largest absolute Gasteiger partial charge is 0.374 e. The summed E-state index contributed by atoms with van der Waals surface area (Å²) in [6, 6.07) is 30.6. The zero-order chi connectivity index (χ0) is 22.0. The summed E-state index contributed by atoms with van der Waals surface area (Å²) in [5, 5.41) is 0. The highest BCUT2D eigenvalue weighted by molar-refractivity contribution is 7.16. The number of hydrogen-bond donors (Lipinski definition) is 0. The lowest BCUT2D eigenvalue weighted by Gasteiger charge is -2.25. The van der Waals surface area contributed by atoms with E-state index >= 15 is 0 Å². The maximum atomic E-state index is 6.40. The maximum absolute atomic E-state index is 6.40. The molecule has 1 aliphatic rings. The number of hydrogen-bond acceptors (Lipinski definition) is 4. The molecule has 4 nitrogen and oxygen atoms in total. The molecule has 0 N–H and O–H groups in total. The van der Waals surface area contributed by atoms with Gasteiger partial charge in [-0.1, -0.05) is 91.0 Å². The normalized spacial score (nSPS) is 22.8. The van der Waals surface area contributed by atoms with Crippen LogP contribution in [0.2, 0.25) is 0 Å². The van der Waals surface area contributed by atoms with Crippen LogP contribution >= 0.6 is 9.24 Å². The Labute approximate surface area is 193 Å². The molecule has 32 heavy (non-hydrogen) atoms. The molecule has 0 aliphatic carbocycles. The molecule has 5 heteroatoms. The van der Waals surface area contributed by atoms with Crippen molar-refractivity contribution in [3.05, 3.63) is 108 Å². The molecule has 3 aromatic rings. The first-order chi connectivity index (χ1) is 15.8. The third-order valence-corrected chi connectivity index (χ3v) is 6.07. The molecule has 1 fully saturated rings. The summed E-state index contributed by atoms with van der Waals surface area (Å²) in [4.78, 5) is 0. The monoisotopic (exact) mass is 450 g/mol. The van der Waals surface area contributed by atoms with E-state index in [2.05, 4.69) is 45.6 Å². The Morgan fingerprint density at radius 3 is 1.50 bits per heavy atom. The first-order valence-electron chi connectivity index (χ1n) is 11.1. The van der Waals surface area contributed by atoms with Crippen molar-refractivity contribution in [2.24, 2.45) is 0 Å². The summed E-state index contributed by atoms with van der Waals surface area (Å²) < 4.78 is 25.1. The van der Waals surface area contributed by atoms with Crippen molar-refractivity contribution in [1.29, 1.82) is 0 Å². The van der Waals surface area contributed by atoms with Gasteiger partial charge in [-0.2, -0.15) is 0 Å². The van der Waals surface area contributed by atoms with E-state index in [1.165, 1.54) is 0 Å². The molecular weight excluding hydrogens is 419 g/mol. The lowest BCUT2D eigenvalue weighted by molar-refractivity contribution is -0.0897. The van der Waals surface area contributed by atoms with Crippen LogP contribution in [0.5, 0.6) is 0 Å². The second kappa shape index (κ2) is 12.2. The van der Waals surface area contributed by atoms with Crippen LogP contribution in [0.1, 0.15) is 16.7 Å². The Bertz CT molecular complexity index is 907. The molecule has 0 bridgehead atoms. The fourth-order valence-electron chi connectivity index (χ4n) is 3.93. The second-order valence-corrected chi connectivity index (χ2v) is 8.44. The van der Waals surface area contributed by atoms with Gasteiger partial charge in [0, 0.05) is 0 Å². The molecule has 0 amide bonds. The summed E-state index contributed by atoms with van der Waals surface area (Å²) in [6.45, 7) is 2.05. The van der Waals surface area contributed by atoms with E-state index in [9.17, 15) is 0 Å². The van der Waals surface area contributed by atoms with Gasteiger partial charge in [-0.25, -0.2) is 0 Å². The van der Waals surface area contributed by atoms with Gasteiger partial charge >= 0.3 is 0 Å². The lowest BCUT2D eigenvalue weighted by Crippen LogP contribution is -2.39. The van der Waals surface area contributed by atoms with Crippen LogP contribution in [0, 0.1) is 0 Å². The Morgan fingerprint density at radius 2 is 1.03 bits per heavy atom. The first-order valence-corrected chi connectivity index (χ1v) is 11.9. The summed E-state index contributed by atoms with van der Waals surface area (Å²) in [5.41, 5.74) is 3.42. The van der Waals surface area contributed by atoms with Gasteiger partial charge in [0.2, 0.25) is 0 Å². The predicted octanol–water partition coefficient (Wildman–Crippen LogP) is 5.02. The molecule has 168 valence electrons. The minimum absolute atomic E-state index is 0.0604. The molecule has 4 rings (SSSR count).